The van der Waals surface area contributed by atoms with Crippen LogP contribution in [0.3, 0.4) is 0 Å². The van der Waals surface area contributed by atoms with Crippen molar-refractivity contribution in [2.75, 3.05) is 27.1 Å². The third kappa shape index (κ3) is 8.65. The molecule has 0 spiro atoms. The summed E-state index contributed by atoms with van der Waals surface area (Å²) in [6.45, 7) is 4.17. The van der Waals surface area contributed by atoms with Crippen LogP contribution in [0.1, 0.15) is 26.7 Å². The molecule has 0 fully saturated rings. The van der Waals surface area contributed by atoms with E-state index in [1.807, 2.05) is 6.92 Å². The molecule has 0 aromatic carbocycles. The molecule has 0 saturated carbocycles. The van der Waals surface area contributed by atoms with Gasteiger partial charge in [0.15, 0.2) is 6.73 Å². The van der Waals surface area contributed by atoms with E-state index >= 15 is 0 Å². The monoisotopic (exact) mass is 247 g/mol. The predicted octanol–water partition coefficient (Wildman–Crippen LogP) is 0.455. The number of carbonyl (C=O) groups excluding carboxylic acids is 2. The van der Waals surface area contributed by atoms with Gasteiger partial charge in [0, 0.05) is 13.5 Å². The largest absolute Gasteiger partial charge is 0.444 e. The fraction of sp³-hybridized carbons (Fsp3) is 0.818. The van der Waals surface area contributed by atoms with Gasteiger partial charge in [0.05, 0.1) is 13.2 Å². The van der Waals surface area contributed by atoms with Crippen LogP contribution in [0.2, 0.25) is 0 Å². The number of methoxy groups -OCH3 is 1. The zero-order chi connectivity index (χ0) is 13.1. The number of nitrogens with one attached hydrogen (secondary N) is 1. The maximum Gasteiger partial charge on any atom is 0.307 e. The molecule has 17 heavy (non-hydrogen) atoms. The molecule has 0 saturated heterocycles. The first-order chi connectivity index (χ1) is 8.11. The number of hydrogen-bond acceptors (Lipinski definition) is 5. The number of rotatable bonds is 9. The van der Waals surface area contributed by atoms with Crippen molar-refractivity contribution < 1.29 is 23.8 Å². The highest BCUT2D eigenvalue weighted by molar-refractivity contribution is 5.80. The summed E-state index contributed by atoms with van der Waals surface area (Å²) in [7, 11) is 1.56. The van der Waals surface area contributed by atoms with Gasteiger partial charge in [-0.2, -0.15) is 0 Å². The van der Waals surface area contributed by atoms with Crippen LogP contribution in [-0.4, -0.2) is 45.0 Å². The molecule has 1 amide bonds. The van der Waals surface area contributed by atoms with Crippen LogP contribution in [0.15, 0.2) is 0 Å². The minimum absolute atomic E-state index is 0.115. The van der Waals surface area contributed by atoms with Crippen molar-refractivity contribution in [2.24, 2.45) is 0 Å². The Balaban J connectivity index is 3.60. The van der Waals surface area contributed by atoms with Gasteiger partial charge in [-0.3, -0.25) is 9.59 Å². The van der Waals surface area contributed by atoms with E-state index in [1.54, 1.807) is 14.0 Å². The lowest BCUT2D eigenvalue weighted by molar-refractivity contribution is -0.146. The van der Waals surface area contributed by atoms with Crippen molar-refractivity contribution >= 4 is 11.9 Å². The van der Waals surface area contributed by atoms with E-state index in [2.05, 4.69) is 5.32 Å². The van der Waals surface area contributed by atoms with Gasteiger partial charge >= 0.3 is 5.97 Å². The third-order valence-corrected chi connectivity index (χ3v) is 1.96. The summed E-state index contributed by atoms with van der Waals surface area (Å²) in [6, 6.07) is 0. The molecule has 1 atom stereocenters. The van der Waals surface area contributed by atoms with Crippen LogP contribution in [0, 0.1) is 0 Å². The summed E-state index contributed by atoms with van der Waals surface area (Å²) in [5, 5.41) is 2.45. The van der Waals surface area contributed by atoms with Crippen molar-refractivity contribution in [3.8, 4) is 0 Å². The summed E-state index contributed by atoms with van der Waals surface area (Å²) in [6.07, 6.45) is 0.494. The number of carbonyl (C=O) groups is 2. The van der Waals surface area contributed by atoms with E-state index in [0.717, 1.165) is 6.42 Å². The Kier molecular flexibility index (Phi) is 9.37. The first kappa shape index (κ1) is 15.9. The summed E-state index contributed by atoms with van der Waals surface area (Å²) in [5.41, 5.74) is 0. The Morgan fingerprint density at radius 1 is 1.29 bits per heavy atom. The van der Waals surface area contributed by atoms with Crippen LogP contribution in [0.5, 0.6) is 0 Å². The second-order valence-electron chi connectivity index (χ2n) is 3.46. The molecule has 1 unspecified atom stereocenters. The van der Waals surface area contributed by atoms with E-state index in [1.165, 1.54) is 0 Å². The van der Waals surface area contributed by atoms with Crippen LogP contribution < -0.4 is 5.32 Å². The smallest absolute Gasteiger partial charge is 0.307 e. The Hall–Kier alpha value is -1.14. The van der Waals surface area contributed by atoms with Crippen LogP contribution in [0.4, 0.5) is 0 Å². The number of ether oxygens (including phenoxy) is 3. The Labute approximate surface area is 102 Å². The van der Waals surface area contributed by atoms with Gasteiger partial charge in [0.25, 0.3) is 5.91 Å². The van der Waals surface area contributed by atoms with Crippen molar-refractivity contribution in [2.45, 2.75) is 32.8 Å². The van der Waals surface area contributed by atoms with E-state index in [-0.39, 0.29) is 18.6 Å². The molecule has 0 aliphatic carbocycles. The molecule has 0 aromatic rings. The molecule has 1 N–H and O–H groups in total. The SMILES string of the molecule is CCCC(=O)OCNC(=O)C(C)OCCOC. The van der Waals surface area contributed by atoms with Crippen LogP contribution in [0.25, 0.3) is 0 Å². The minimum atomic E-state index is -0.588. The average Bonchev–Trinajstić information content (AvgIpc) is 2.29. The molecule has 6 heteroatoms. The summed E-state index contributed by atoms with van der Waals surface area (Å²) < 4.78 is 14.7. The highest BCUT2D eigenvalue weighted by atomic mass is 16.5. The standard InChI is InChI=1S/C11H21NO5/c1-4-5-10(13)17-8-12-11(14)9(2)16-7-6-15-3/h9H,4-8H2,1-3H3,(H,12,14). The fourth-order valence-corrected chi connectivity index (χ4v) is 0.992. The Morgan fingerprint density at radius 2 is 2.00 bits per heavy atom. The molecule has 6 nitrogen and oxygen atoms in total. The molecule has 0 bridgehead atoms. The number of esters is 1. The first-order valence-corrected chi connectivity index (χ1v) is 5.65. The van der Waals surface area contributed by atoms with Gasteiger partial charge in [-0.25, -0.2) is 0 Å². The van der Waals surface area contributed by atoms with Crippen LogP contribution in [-0.2, 0) is 23.8 Å². The van der Waals surface area contributed by atoms with Crippen molar-refractivity contribution in [1.29, 1.82) is 0 Å². The minimum Gasteiger partial charge on any atom is -0.444 e. The molecule has 0 heterocycles. The summed E-state index contributed by atoms with van der Waals surface area (Å²) in [4.78, 5) is 22.4. The van der Waals surface area contributed by atoms with E-state index in [4.69, 9.17) is 14.2 Å². The summed E-state index contributed by atoms with van der Waals surface area (Å²) in [5.74, 6) is -0.633. The molecule has 100 valence electrons. The molecule has 0 rings (SSSR count). The van der Waals surface area contributed by atoms with E-state index in [9.17, 15) is 9.59 Å². The molecular weight excluding hydrogens is 226 g/mol. The maximum absolute atomic E-state index is 11.4. The van der Waals surface area contributed by atoms with Gasteiger partial charge in [0.1, 0.15) is 6.10 Å². The number of amides is 1. The van der Waals surface area contributed by atoms with Gasteiger partial charge in [0.2, 0.25) is 0 Å². The van der Waals surface area contributed by atoms with Crippen LogP contribution >= 0.6 is 0 Å². The Bertz CT molecular complexity index is 232. The Morgan fingerprint density at radius 3 is 2.59 bits per heavy atom. The molecule has 0 radical (unpaired) electrons. The van der Waals surface area contributed by atoms with Gasteiger partial charge in [-0.05, 0) is 13.3 Å². The predicted molar refractivity (Wildman–Crippen MR) is 61.3 cm³/mol. The maximum atomic E-state index is 11.4. The number of hydrogen-bond donors (Lipinski definition) is 1. The lowest BCUT2D eigenvalue weighted by Gasteiger charge is -2.13. The normalized spacial score (nSPS) is 11.9. The zero-order valence-electron chi connectivity index (χ0n) is 10.7. The second-order valence-corrected chi connectivity index (χ2v) is 3.46. The van der Waals surface area contributed by atoms with Crippen molar-refractivity contribution in [3.05, 3.63) is 0 Å². The first-order valence-electron chi connectivity index (χ1n) is 5.65. The molecular formula is C11H21NO5. The topological polar surface area (TPSA) is 73.9 Å². The lowest BCUT2D eigenvalue weighted by atomic mass is 10.3. The summed E-state index contributed by atoms with van der Waals surface area (Å²) >= 11 is 0. The molecule has 0 aromatic heterocycles. The molecule has 0 aliphatic heterocycles. The van der Waals surface area contributed by atoms with Gasteiger partial charge < -0.3 is 19.5 Å². The molecule has 0 aliphatic rings. The highest BCUT2D eigenvalue weighted by Gasteiger charge is 2.12. The zero-order valence-corrected chi connectivity index (χ0v) is 10.7. The van der Waals surface area contributed by atoms with Crippen molar-refractivity contribution in [1.82, 2.24) is 5.32 Å². The van der Waals surface area contributed by atoms with E-state index < -0.39 is 6.10 Å². The van der Waals surface area contributed by atoms with Crippen molar-refractivity contribution in [3.63, 3.8) is 0 Å². The second kappa shape index (κ2) is 10.0. The quantitative estimate of drug-likeness (QED) is 0.364. The third-order valence-electron chi connectivity index (χ3n) is 1.96. The fourth-order valence-electron chi connectivity index (χ4n) is 0.992. The lowest BCUT2D eigenvalue weighted by Crippen LogP contribution is -2.37. The van der Waals surface area contributed by atoms with Gasteiger partial charge in [-0.1, -0.05) is 6.92 Å². The average molecular weight is 247 g/mol. The van der Waals surface area contributed by atoms with Gasteiger partial charge in [-0.15, -0.1) is 0 Å². The van der Waals surface area contributed by atoms with E-state index in [0.29, 0.717) is 19.6 Å². The highest BCUT2D eigenvalue weighted by Crippen LogP contribution is 1.92.